The molecule has 0 saturated carbocycles. The van der Waals surface area contributed by atoms with Crippen molar-refractivity contribution in [2.75, 3.05) is 13.2 Å². The van der Waals surface area contributed by atoms with Crippen LogP contribution in [0.25, 0.3) is 0 Å². The van der Waals surface area contributed by atoms with Crippen molar-refractivity contribution < 1.29 is 44.6 Å². The second-order valence-corrected chi connectivity index (χ2v) is 24.9. The normalized spacial score (nSPS) is 18.7. The lowest BCUT2D eigenvalue weighted by molar-refractivity contribution is -0.297. The third-order valence-electron chi connectivity index (χ3n) is 17.2. The maximum absolute atomic E-state index is 13.2. The van der Waals surface area contributed by atoms with Crippen LogP contribution in [0.5, 0.6) is 0 Å². The number of unbranched alkanes of at least 4 members (excludes halogenated alkanes) is 49. The Morgan fingerprint density at radius 2 is 0.709 bits per heavy atom. The van der Waals surface area contributed by atoms with Crippen molar-refractivity contribution in [2.45, 2.75) is 410 Å². The average Bonchev–Trinajstić information content (AvgIpc) is 3.49. The Kier molecular flexibility index (Phi) is 54.7. The van der Waals surface area contributed by atoms with Crippen molar-refractivity contribution in [1.29, 1.82) is 0 Å². The smallest absolute Gasteiger partial charge is 0.220 e. The lowest BCUT2D eigenvalue weighted by Gasteiger charge is -2.41. The fraction of sp³-hybridized carbons (Fsp3) is 0.971. The molecule has 0 aromatic rings. The van der Waals surface area contributed by atoms with Gasteiger partial charge in [-0.25, -0.2) is 0 Å². The highest BCUT2D eigenvalue weighted by Crippen LogP contribution is 2.24. The van der Waals surface area contributed by atoms with Gasteiger partial charge in [0.15, 0.2) is 6.29 Å². The Bertz CT molecular complexity index is 1290. The highest BCUT2D eigenvalue weighted by Gasteiger charge is 2.45. The molecule has 11 heteroatoms. The van der Waals surface area contributed by atoms with Crippen LogP contribution in [0.15, 0.2) is 0 Å². The summed E-state index contributed by atoms with van der Waals surface area (Å²) in [6.07, 6.45) is 58.7. The van der Waals surface area contributed by atoms with Gasteiger partial charge < -0.3 is 45.6 Å². The molecular formula is C68H134N2O9. The number of hydrogen-bond acceptors (Lipinski definition) is 9. The quantitative estimate of drug-likeness (QED) is 0.0292. The minimum atomic E-state index is -1.61. The number of hydrogen-bond donors (Lipinski definition) is 7. The van der Waals surface area contributed by atoms with Crippen molar-refractivity contribution in [3.63, 3.8) is 0 Å². The summed E-state index contributed by atoms with van der Waals surface area (Å²) in [6.45, 7) is 5.47. The van der Waals surface area contributed by atoms with Crippen LogP contribution in [-0.4, -0.2) is 99.5 Å². The molecule has 470 valence electrons. The van der Waals surface area contributed by atoms with Gasteiger partial charge in [-0.3, -0.25) is 9.59 Å². The van der Waals surface area contributed by atoms with Crippen LogP contribution in [0.4, 0.5) is 0 Å². The molecule has 1 fully saturated rings. The molecule has 0 spiro atoms. The van der Waals surface area contributed by atoms with E-state index in [2.05, 4.69) is 24.5 Å². The van der Waals surface area contributed by atoms with Crippen molar-refractivity contribution in [3.05, 3.63) is 0 Å². The zero-order valence-electron chi connectivity index (χ0n) is 52.4. The SMILES string of the molecule is CCCCCCCCCCCCCCCCCCCCCCCCCCCCCCCCCCCCCC(=O)N[C@@H](COC1OC(CNC(C)=O)C(O)C(O)C1O)[C@H](O)[C@H](O)CCCCCCCCCCCCCCCCCC. The third kappa shape index (κ3) is 46.7. The number of rotatable bonds is 61. The highest BCUT2D eigenvalue weighted by molar-refractivity contribution is 5.76. The van der Waals surface area contributed by atoms with Gasteiger partial charge >= 0.3 is 0 Å². The van der Waals surface area contributed by atoms with Crippen LogP contribution in [-0.2, 0) is 19.1 Å². The number of amides is 2. The fourth-order valence-corrected chi connectivity index (χ4v) is 11.7. The average molecular weight is 1120 g/mol. The third-order valence-corrected chi connectivity index (χ3v) is 17.2. The van der Waals surface area contributed by atoms with Gasteiger partial charge in [0.1, 0.15) is 30.5 Å². The van der Waals surface area contributed by atoms with Gasteiger partial charge in [0.25, 0.3) is 0 Å². The first-order valence-electron chi connectivity index (χ1n) is 34.8. The first-order chi connectivity index (χ1) is 38.6. The minimum absolute atomic E-state index is 0.110. The van der Waals surface area contributed by atoms with Crippen molar-refractivity contribution >= 4 is 11.8 Å². The molecule has 1 rings (SSSR count). The van der Waals surface area contributed by atoms with E-state index < -0.39 is 49.0 Å². The Labute approximate surface area is 488 Å². The van der Waals surface area contributed by atoms with E-state index in [9.17, 15) is 35.1 Å². The van der Waals surface area contributed by atoms with Crippen LogP contribution in [0.1, 0.15) is 361 Å². The fourth-order valence-electron chi connectivity index (χ4n) is 11.7. The van der Waals surface area contributed by atoms with E-state index in [1.54, 1.807) is 0 Å². The Morgan fingerprint density at radius 1 is 0.418 bits per heavy atom. The lowest BCUT2D eigenvalue weighted by atomic mass is 9.98. The predicted molar refractivity (Wildman–Crippen MR) is 331 cm³/mol. The molecule has 1 saturated heterocycles. The first kappa shape index (κ1) is 75.7. The Balaban J connectivity index is 2.17. The van der Waals surface area contributed by atoms with Gasteiger partial charge in [-0.1, -0.05) is 335 Å². The molecular weight excluding hydrogens is 989 g/mol. The van der Waals surface area contributed by atoms with E-state index in [0.29, 0.717) is 6.42 Å². The largest absolute Gasteiger partial charge is 0.390 e. The molecule has 1 aliphatic heterocycles. The number of carbonyl (C=O) groups excluding carboxylic acids is 2. The summed E-state index contributed by atoms with van der Waals surface area (Å²) in [4.78, 5) is 24.8. The maximum atomic E-state index is 13.2. The van der Waals surface area contributed by atoms with E-state index >= 15 is 0 Å². The molecule has 1 aliphatic rings. The predicted octanol–water partition coefficient (Wildman–Crippen LogP) is 16.9. The van der Waals surface area contributed by atoms with Crippen LogP contribution in [0, 0.1) is 0 Å². The highest BCUT2D eigenvalue weighted by atomic mass is 16.7. The summed E-state index contributed by atoms with van der Waals surface area (Å²) in [7, 11) is 0. The summed E-state index contributed by atoms with van der Waals surface area (Å²) in [5.74, 6) is -0.599. The van der Waals surface area contributed by atoms with Gasteiger partial charge in [-0.15, -0.1) is 0 Å². The topological polar surface area (TPSA) is 178 Å². The van der Waals surface area contributed by atoms with Crippen LogP contribution < -0.4 is 10.6 Å². The van der Waals surface area contributed by atoms with E-state index in [1.807, 2.05) is 0 Å². The van der Waals surface area contributed by atoms with Crippen molar-refractivity contribution in [3.8, 4) is 0 Å². The molecule has 2 amide bonds. The molecule has 5 unspecified atom stereocenters. The van der Waals surface area contributed by atoms with Crippen molar-refractivity contribution in [1.82, 2.24) is 10.6 Å². The summed E-state index contributed by atoms with van der Waals surface area (Å²) in [6, 6.07) is -1.000. The second-order valence-electron chi connectivity index (χ2n) is 24.9. The molecule has 0 bridgehead atoms. The Hall–Kier alpha value is -1.34. The van der Waals surface area contributed by atoms with Gasteiger partial charge in [-0.2, -0.15) is 0 Å². The maximum Gasteiger partial charge on any atom is 0.220 e. The zero-order chi connectivity index (χ0) is 57.5. The summed E-state index contributed by atoms with van der Waals surface area (Å²) in [5.41, 5.74) is 0. The number of aliphatic hydroxyl groups is 5. The molecule has 0 aliphatic carbocycles. The molecule has 8 atom stereocenters. The Morgan fingerprint density at radius 3 is 1.01 bits per heavy atom. The van der Waals surface area contributed by atoms with E-state index in [0.717, 1.165) is 51.4 Å². The molecule has 0 aromatic heterocycles. The van der Waals surface area contributed by atoms with Crippen molar-refractivity contribution in [2.24, 2.45) is 0 Å². The summed E-state index contributed by atoms with van der Waals surface area (Å²) in [5, 5.41) is 59.6. The molecule has 0 radical (unpaired) electrons. The molecule has 11 nitrogen and oxygen atoms in total. The summed E-state index contributed by atoms with van der Waals surface area (Å²) < 4.78 is 11.6. The van der Waals surface area contributed by atoms with E-state index in [4.69, 9.17) is 9.47 Å². The van der Waals surface area contributed by atoms with Crippen LogP contribution in [0.2, 0.25) is 0 Å². The number of aliphatic hydroxyl groups excluding tert-OH is 5. The molecule has 79 heavy (non-hydrogen) atoms. The lowest BCUT2D eigenvalue weighted by Crippen LogP contribution is -2.61. The molecule has 0 aromatic carbocycles. The second kappa shape index (κ2) is 57.1. The zero-order valence-corrected chi connectivity index (χ0v) is 52.4. The molecule has 1 heterocycles. The minimum Gasteiger partial charge on any atom is -0.390 e. The van der Waals surface area contributed by atoms with Gasteiger partial charge in [0.2, 0.25) is 11.8 Å². The summed E-state index contributed by atoms with van der Waals surface area (Å²) >= 11 is 0. The standard InChI is InChI=1S/C68H134N2O9/c1-4-6-8-10-12-14-16-18-20-22-23-24-25-26-27-28-29-30-31-32-33-34-35-36-37-38-39-40-42-44-46-48-50-52-54-56-63(73)70-60(58-78-68-67(77)66(76)65(75)62(79-68)57-69-59(3)71)64(74)61(72)55-53-51-49-47-45-43-41-21-19-17-15-13-11-9-7-5-2/h60-62,64-68,72,74-77H,4-58H2,1-3H3,(H,69,71)(H,70,73)/t60-,61+,62?,64-,65?,66?,67?,68?/m0/s1. The van der Waals surface area contributed by atoms with Crippen LogP contribution >= 0.6 is 0 Å². The number of ether oxygens (including phenoxy) is 2. The van der Waals surface area contributed by atoms with E-state index in [1.165, 1.54) is 283 Å². The number of carbonyl (C=O) groups is 2. The van der Waals surface area contributed by atoms with E-state index in [-0.39, 0.29) is 31.4 Å². The van der Waals surface area contributed by atoms with Crippen LogP contribution in [0.3, 0.4) is 0 Å². The van der Waals surface area contributed by atoms with Gasteiger partial charge in [0.05, 0.1) is 18.8 Å². The van der Waals surface area contributed by atoms with Gasteiger partial charge in [0, 0.05) is 19.9 Å². The molecule has 7 N–H and O–H groups in total. The monoisotopic (exact) mass is 1120 g/mol. The number of nitrogens with one attached hydrogen (secondary N) is 2. The van der Waals surface area contributed by atoms with Gasteiger partial charge in [-0.05, 0) is 12.8 Å². The first-order valence-corrected chi connectivity index (χ1v) is 34.8.